The third-order valence-corrected chi connectivity index (χ3v) is 6.29. The van der Waals surface area contributed by atoms with Crippen LogP contribution in [0.5, 0.6) is 0 Å². The molecule has 2 fully saturated rings. The highest BCUT2D eigenvalue weighted by Crippen LogP contribution is 2.28. The molecule has 1 saturated carbocycles. The summed E-state index contributed by atoms with van der Waals surface area (Å²) in [5, 5.41) is 9.21. The van der Waals surface area contributed by atoms with Crippen LogP contribution in [-0.4, -0.2) is 50.3 Å². The molecule has 1 saturated heterocycles. The standard InChI is InChI=1S/C22H28N6/c1-2-8-19(9-3-1)28-22-20(14-25-28)21(23-16-24-22)26-18-10-12-27(13-11-18)15-17-6-4-5-7-17/h1-3,8-9,14,16-18H,4-7,10-13,15H2,(H,23,24,26). The number of fused-ring (bicyclic) bond motifs is 1. The number of piperidine rings is 1. The molecule has 28 heavy (non-hydrogen) atoms. The summed E-state index contributed by atoms with van der Waals surface area (Å²) in [7, 11) is 0. The Kier molecular flexibility index (Phi) is 4.95. The molecule has 2 aliphatic rings. The first-order chi connectivity index (χ1) is 13.9. The van der Waals surface area contributed by atoms with E-state index in [1.54, 1.807) is 6.33 Å². The minimum atomic E-state index is 0.470. The predicted octanol–water partition coefficient (Wildman–Crippen LogP) is 3.88. The highest BCUT2D eigenvalue weighted by atomic mass is 15.3. The fraction of sp³-hybridized carbons (Fsp3) is 0.500. The molecule has 3 heterocycles. The van der Waals surface area contributed by atoms with Crippen molar-refractivity contribution in [3.8, 4) is 5.69 Å². The van der Waals surface area contributed by atoms with Gasteiger partial charge in [-0.05, 0) is 43.7 Å². The van der Waals surface area contributed by atoms with Gasteiger partial charge in [0, 0.05) is 25.7 Å². The molecule has 0 spiro atoms. The number of rotatable bonds is 5. The minimum Gasteiger partial charge on any atom is -0.367 e. The second-order valence-corrected chi connectivity index (χ2v) is 8.22. The van der Waals surface area contributed by atoms with Crippen molar-refractivity contribution in [1.82, 2.24) is 24.6 Å². The van der Waals surface area contributed by atoms with Crippen molar-refractivity contribution in [2.45, 2.75) is 44.6 Å². The zero-order chi connectivity index (χ0) is 18.8. The number of para-hydroxylation sites is 1. The fourth-order valence-electron chi connectivity index (χ4n) is 4.73. The lowest BCUT2D eigenvalue weighted by Crippen LogP contribution is -2.41. The van der Waals surface area contributed by atoms with Gasteiger partial charge in [0.25, 0.3) is 0 Å². The van der Waals surface area contributed by atoms with E-state index < -0.39 is 0 Å². The molecule has 1 N–H and O–H groups in total. The summed E-state index contributed by atoms with van der Waals surface area (Å²) in [6, 6.07) is 10.6. The topological polar surface area (TPSA) is 58.9 Å². The number of benzene rings is 1. The predicted molar refractivity (Wildman–Crippen MR) is 112 cm³/mol. The van der Waals surface area contributed by atoms with Gasteiger partial charge in [0.15, 0.2) is 5.65 Å². The Morgan fingerprint density at radius 1 is 0.964 bits per heavy atom. The van der Waals surface area contributed by atoms with E-state index in [0.29, 0.717) is 6.04 Å². The van der Waals surface area contributed by atoms with Crippen LogP contribution in [0.15, 0.2) is 42.9 Å². The minimum absolute atomic E-state index is 0.470. The van der Waals surface area contributed by atoms with Crippen LogP contribution in [-0.2, 0) is 0 Å². The second kappa shape index (κ2) is 7.87. The van der Waals surface area contributed by atoms with Crippen molar-refractivity contribution in [2.75, 3.05) is 25.0 Å². The average molecular weight is 377 g/mol. The molecule has 5 rings (SSSR count). The molecule has 3 aromatic rings. The summed E-state index contributed by atoms with van der Waals surface area (Å²) < 4.78 is 1.88. The van der Waals surface area contributed by atoms with Gasteiger partial charge in [0.1, 0.15) is 12.1 Å². The highest BCUT2D eigenvalue weighted by Gasteiger charge is 2.24. The Morgan fingerprint density at radius 3 is 2.54 bits per heavy atom. The van der Waals surface area contributed by atoms with E-state index in [1.165, 1.54) is 58.2 Å². The van der Waals surface area contributed by atoms with Gasteiger partial charge in [-0.25, -0.2) is 14.6 Å². The summed E-state index contributed by atoms with van der Waals surface area (Å²) in [6.07, 6.45) is 11.6. The lowest BCUT2D eigenvalue weighted by Gasteiger charge is -2.34. The first-order valence-corrected chi connectivity index (χ1v) is 10.6. The number of anilines is 1. The second-order valence-electron chi connectivity index (χ2n) is 8.22. The van der Waals surface area contributed by atoms with E-state index in [0.717, 1.165) is 28.5 Å². The van der Waals surface area contributed by atoms with Crippen molar-refractivity contribution in [1.29, 1.82) is 0 Å². The lowest BCUT2D eigenvalue weighted by atomic mass is 10.0. The summed E-state index contributed by atoms with van der Waals surface area (Å²) in [5.74, 6) is 1.84. The molecule has 6 nitrogen and oxygen atoms in total. The normalized spacial score (nSPS) is 19.4. The first-order valence-electron chi connectivity index (χ1n) is 10.6. The van der Waals surface area contributed by atoms with Crippen molar-refractivity contribution in [3.05, 3.63) is 42.9 Å². The lowest BCUT2D eigenvalue weighted by molar-refractivity contribution is 0.189. The van der Waals surface area contributed by atoms with Crippen LogP contribution >= 0.6 is 0 Å². The monoisotopic (exact) mass is 376 g/mol. The molecule has 146 valence electrons. The highest BCUT2D eigenvalue weighted by molar-refractivity contribution is 5.87. The third kappa shape index (κ3) is 3.61. The van der Waals surface area contributed by atoms with Gasteiger partial charge >= 0.3 is 0 Å². The molecule has 0 bridgehead atoms. The smallest absolute Gasteiger partial charge is 0.168 e. The average Bonchev–Trinajstić information content (AvgIpc) is 3.40. The third-order valence-electron chi connectivity index (χ3n) is 6.29. The van der Waals surface area contributed by atoms with Gasteiger partial charge < -0.3 is 10.2 Å². The van der Waals surface area contributed by atoms with Crippen molar-refractivity contribution < 1.29 is 0 Å². The van der Waals surface area contributed by atoms with Crippen molar-refractivity contribution >= 4 is 16.9 Å². The number of nitrogens with one attached hydrogen (secondary N) is 1. The Bertz CT molecular complexity index is 907. The maximum atomic E-state index is 4.55. The molecule has 0 unspecified atom stereocenters. The number of aromatic nitrogens is 4. The van der Waals surface area contributed by atoms with Gasteiger partial charge in [-0.2, -0.15) is 5.10 Å². The fourth-order valence-corrected chi connectivity index (χ4v) is 4.73. The molecule has 1 aromatic carbocycles. The quantitative estimate of drug-likeness (QED) is 0.732. The van der Waals surface area contributed by atoms with Gasteiger partial charge in [-0.3, -0.25) is 0 Å². The van der Waals surface area contributed by atoms with Gasteiger partial charge in [0.2, 0.25) is 0 Å². The maximum Gasteiger partial charge on any atom is 0.168 e. The number of hydrogen-bond donors (Lipinski definition) is 1. The molecule has 0 radical (unpaired) electrons. The van der Waals surface area contributed by atoms with E-state index in [4.69, 9.17) is 0 Å². The van der Waals surface area contributed by atoms with Crippen LogP contribution in [0, 0.1) is 5.92 Å². The van der Waals surface area contributed by atoms with E-state index >= 15 is 0 Å². The van der Waals surface area contributed by atoms with Crippen LogP contribution in [0.3, 0.4) is 0 Å². The van der Waals surface area contributed by atoms with E-state index in [1.807, 2.05) is 41.2 Å². The maximum absolute atomic E-state index is 4.55. The zero-order valence-corrected chi connectivity index (χ0v) is 16.3. The van der Waals surface area contributed by atoms with Gasteiger partial charge in [-0.15, -0.1) is 0 Å². The molecule has 2 aromatic heterocycles. The van der Waals surface area contributed by atoms with Gasteiger partial charge in [-0.1, -0.05) is 31.0 Å². The first kappa shape index (κ1) is 17.6. The summed E-state index contributed by atoms with van der Waals surface area (Å²) in [6.45, 7) is 3.67. The SMILES string of the molecule is c1ccc(-n2ncc3c(NC4CCN(CC5CCCC5)CC4)ncnc32)cc1. The Hall–Kier alpha value is -2.47. The Labute approximate surface area is 166 Å². The summed E-state index contributed by atoms with van der Waals surface area (Å²) >= 11 is 0. The number of nitrogens with zero attached hydrogens (tertiary/aromatic N) is 5. The van der Waals surface area contributed by atoms with Crippen LogP contribution < -0.4 is 5.32 Å². The molecule has 0 atom stereocenters. The molecule has 0 amide bonds. The molecular formula is C22H28N6. The number of hydrogen-bond acceptors (Lipinski definition) is 5. The zero-order valence-electron chi connectivity index (χ0n) is 16.3. The van der Waals surface area contributed by atoms with Crippen molar-refractivity contribution in [2.24, 2.45) is 5.92 Å². The van der Waals surface area contributed by atoms with Crippen LogP contribution in [0.25, 0.3) is 16.7 Å². The van der Waals surface area contributed by atoms with E-state index in [-0.39, 0.29) is 0 Å². The molecule has 1 aliphatic carbocycles. The largest absolute Gasteiger partial charge is 0.367 e. The Morgan fingerprint density at radius 2 is 1.75 bits per heavy atom. The van der Waals surface area contributed by atoms with Crippen LogP contribution in [0.2, 0.25) is 0 Å². The van der Waals surface area contributed by atoms with Gasteiger partial charge in [0.05, 0.1) is 17.3 Å². The Balaban J connectivity index is 1.27. The number of likely N-dealkylation sites (tertiary alicyclic amines) is 1. The molecule has 6 heteroatoms. The summed E-state index contributed by atoms with van der Waals surface area (Å²) in [4.78, 5) is 11.7. The summed E-state index contributed by atoms with van der Waals surface area (Å²) in [5.41, 5.74) is 1.87. The molecular weight excluding hydrogens is 348 g/mol. The van der Waals surface area contributed by atoms with Crippen LogP contribution in [0.4, 0.5) is 5.82 Å². The molecule has 1 aliphatic heterocycles. The van der Waals surface area contributed by atoms with E-state index in [2.05, 4.69) is 25.3 Å². The van der Waals surface area contributed by atoms with E-state index in [9.17, 15) is 0 Å². The van der Waals surface area contributed by atoms with Crippen molar-refractivity contribution in [3.63, 3.8) is 0 Å². The van der Waals surface area contributed by atoms with Crippen LogP contribution in [0.1, 0.15) is 38.5 Å².